The number of ether oxygens (including phenoxy) is 1. The van der Waals surface area contributed by atoms with Gasteiger partial charge in [0.1, 0.15) is 5.75 Å². The Morgan fingerprint density at radius 1 is 1.40 bits per heavy atom. The van der Waals surface area contributed by atoms with Gasteiger partial charge in [-0.3, -0.25) is 9.59 Å². The zero-order valence-electron chi connectivity index (χ0n) is 11.7. The number of methoxy groups -OCH3 is 1. The zero-order chi connectivity index (χ0) is 14.9. The third kappa shape index (κ3) is 2.66. The summed E-state index contributed by atoms with van der Waals surface area (Å²) in [5.41, 5.74) is 1.90. The second kappa shape index (κ2) is 5.36. The van der Waals surface area contributed by atoms with Gasteiger partial charge >= 0.3 is 5.97 Å². The van der Waals surface area contributed by atoms with E-state index in [2.05, 4.69) is 4.98 Å². The molecule has 2 rings (SSSR count). The highest BCUT2D eigenvalue weighted by Gasteiger charge is 2.15. The van der Waals surface area contributed by atoms with Crippen LogP contribution in [0.2, 0.25) is 0 Å². The first-order valence-corrected chi connectivity index (χ1v) is 6.35. The number of hydrogen-bond donors (Lipinski definition) is 2. The van der Waals surface area contributed by atoms with Crippen LogP contribution in [0.3, 0.4) is 0 Å². The summed E-state index contributed by atoms with van der Waals surface area (Å²) in [4.78, 5) is 25.7. The highest BCUT2D eigenvalue weighted by molar-refractivity contribution is 5.83. The van der Waals surface area contributed by atoms with Crippen LogP contribution < -0.4 is 10.3 Å². The van der Waals surface area contributed by atoms with Crippen LogP contribution in [-0.4, -0.2) is 23.2 Å². The molecule has 0 bridgehead atoms. The van der Waals surface area contributed by atoms with Gasteiger partial charge in [0.25, 0.3) is 5.56 Å². The Kier molecular flexibility index (Phi) is 3.79. The molecule has 106 valence electrons. The van der Waals surface area contributed by atoms with Crippen LogP contribution in [0.25, 0.3) is 10.9 Å². The predicted molar refractivity (Wildman–Crippen MR) is 76.4 cm³/mol. The lowest BCUT2D eigenvalue weighted by atomic mass is 10.0. The molecule has 1 unspecified atom stereocenters. The molecule has 5 nitrogen and oxygen atoms in total. The summed E-state index contributed by atoms with van der Waals surface area (Å²) >= 11 is 0. The lowest BCUT2D eigenvalue weighted by Gasteiger charge is -2.09. The molecular formula is C15H17NO4. The lowest BCUT2D eigenvalue weighted by Crippen LogP contribution is -2.19. The van der Waals surface area contributed by atoms with E-state index in [9.17, 15) is 9.59 Å². The largest absolute Gasteiger partial charge is 0.497 e. The lowest BCUT2D eigenvalue weighted by molar-refractivity contribution is -0.141. The number of hydrogen-bond acceptors (Lipinski definition) is 3. The van der Waals surface area contributed by atoms with E-state index >= 15 is 0 Å². The number of carbonyl (C=O) groups is 1. The number of aryl methyl sites for hydroxylation is 1. The summed E-state index contributed by atoms with van der Waals surface area (Å²) in [7, 11) is 1.58. The fourth-order valence-electron chi connectivity index (χ4n) is 2.20. The molecule has 0 saturated heterocycles. The second-order valence-electron chi connectivity index (χ2n) is 4.98. The number of aliphatic carboxylic acids is 1. The summed E-state index contributed by atoms with van der Waals surface area (Å²) in [6.45, 7) is 3.48. The van der Waals surface area contributed by atoms with Crippen molar-refractivity contribution in [2.45, 2.75) is 20.3 Å². The van der Waals surface area contributed by atoms with Crippen LogP contribution in [0.5, 0.6) is 5.75 Å². The van der Waals surface area contributed by atoms with Gasteiger partial charge in [0.2, 0.25) is 0 Å². The number of rotatable bonds is 4. The summed E-state index contributed by atoms with van der Waals surface area (Å²) in [5.74, 6) is -0.800. The average molecular weight is 275 g/mol. The Balaban J connectivity index is 2.55. The highest BCUT2D eigenvalue weighted by atomic mass is 16.5. The van der Waals surface area contributed by atoms with Crippen molar-refractivity contribution in [3.63, 3.8) is 0 Å². The maximum absolute atomic E-state index is 12.0. The molecule has 0 aliphatic carbocycles. The third-order valence-electron chi connectivity index (χ3n) is 3.38. The standard InChI is InChI=1S/C15H17NO4/c1-8-5-12(20-3)7-10-6-11(4-9(2)15(18)19)14(17)16-13(8)10/h5-7,9H,4H2,1-3H3,(H,16,17)(H,18,19). The number of benzene rings is 1. The van der Waals surface area contributed by atoms with E-state index in [0.29, 0.717) is 11.3 Å². The number of carboxylic acid groups (broad SMARTS) is 1. The number of carboxylic acids is 1. The van der Waals surface area contributed by atoms with Gasteiger partial charge in [-0.25, -0.2) is 0 Å². The van der Waals surface area contributed by atoms with Gasteiger partial charge < -0.3 is 14.8 Å². The van der Waals surface area contributed by atoms with Crippen molar-refractivity contribution >= 4 is 16.9 Å². The zero-order valence-corrected chi connectivity index (χ0v) is 11.7. The first kappa shape index (κ1) is 14.1. The first-order valence-electron chi connectivity index (χ1n) is 6.35. The van der Waals surface area contributed by atoms with Crippen LogP contribution in [-0.2, 0) is 11.2 Å². The van der Waals surface area contributed by atoms with E-state index < -0.39 is 11.9 Å². The summed E-state index contributed by atoms with van der Waals surface area (Å²) in [5, 5.41) is 9.78. The SMILES string of the molecule is COc1cc(C)c2[nH]c(=O)c(CC(C)C(=O)O)cc2c1. The Bertz CT molecular complexity index is 718. The van der Waals surface area contributed by atoms with Gasteiger partial charge in [0.05, 0.1) is 18.5 Å². The first-order chi connectivity index (χ1) is 9.42. The number of aromatic amines is 1. The smallest absolute Gasteiger partial charge is 0.306 e. The van der Waals surface area contributed by atoms with Gasteiger partial charge in [-0.15, -0.1) is 0 Å². The van der Waals surface area contributed by atoms with E-state index in [1.807, 2.05) is 19.1 Å². The molecule has 0 aliphatic heterocycles. The van der Waals surface area contributed by atoms with Gasteiger partial charge in [0.15, 0.2) is 0 Å². The minimum absolute atomic E-state index is 0.205. The molecule has 20 heavy (non-hydrogen) atoms. The molecule has 0 radical (unpaired) electrons. The fraction of sp³-hybridized carbons (Fsp3) is 0.333. The molecule has 0 amide bonds. The highest BCUT2D eigenvalue weighted by Crippen LogP contribution is 2.23. The van der Waals surface area contributed by atoms with Crippen molar-refractivity contribution in [3.05, 3.63) is 39.7 Å². The van der Waals surface area contributed by atoms with Crippen LogP contribution in [0.15, 0.2) is 23.0 Å². The Labute approximate surface area is 116 Å². The monoisotopic (exact) mass is 275 g/mol. The normalized spacial score (nSPS) is 12.3. The van der Waals surface area contributed by atoms with Gasteiger partial charge in [-0.2, -0.15) is 0 Å². The molecule has 1 aromatic heterocycles. The molecule has 0 aliphatic rings. The van der Waals surface area contributed by atoms with E-state index in [4.69, 9.17) is 9.84 Å². The van der Waals surface area contributed by atoms with Crippen molar-refractivity contribution in [1.29, 1.82) is 0 Å². The second-order valence-corrected chi connectivity index (χ2v) is 4.98. The molecule has 1 atom stereocenters. The molecule has 5 heteroatoms. The fourth-order valence-corrected chi connectivity index (χ4v) is 2.20. The van der Waals surface area contributed by atoms with Crippen LogP contribution in [0.1, 0.15) is 18.1 Å². The summed E-state index contributed by atoms with van der Waals surface area (Å²) < 4.78 is 5.21. The molecule has 1 aromatic carbocycles. The van der Waals surface area contributed by atoms with Crippen molar-refractivity contribution in [2.24, 2.45) is 5.92 Å². The van der Waals surface area contributed by atoms with Crippen LogP contribution in [0, 0.1) is 12.8 Å². The molecular weight excluding hydrogens is 258 g/mol. The minimum atomic E-state index is -0.911. The Morgan fingerprint density at radius 2 is 2.10 bits per heavy atom. The van der Waals surface area contributed by atoms with Crippen molar-refractivity contribution in [2.75, 3.05) is 7.11 Å². The minimum Gasteiger partial charge on any atom is -0.497 e. The number of pyridine rings is 1. The number of fused-ring (bicyclic) bond motifs is 1. The van der Waals surface area contributed by atoms with Crippen LogP contribution >= 0.6 is 0 Å². The van der Waals surface area contributed by atoms with Crippen molar-refractivity contribution < 1.29 is 14.6 Å². The summed E-state index contributed by atoms with van der Waals surface area (Å²) in [6.07, 6.45) is 0.205. The maximum atomic E-state index is 12.0. The average Bonchev–Trinajstić information content (AvgIpc) is 2.40. The number of H-pyrrole nitrogens is 1. The third-order valence-corrected chi connectivity index (χ3v) is 3.38. The predicted octanol–water partition coefficient (Wildman–Crippen LogP) is 2.11. The van der Waals surface area contributed by atoms with Gasteiger partial charge in [-0.05, 0) is 37.1 Å². The van der Waals surface area contributed by atoms with Crippen molar-refractivity contribution in [3.8, 4) is 5.75 Å². The summed E-state index contributed by atoms with van der Waals surface area (Å²) in [6, 6.07) is 5.41. The molecule has 2 N–H and O–H groups in total. The molecule has 1 heterocycles. The topological polar surface area (TPSA) is 79.4 Å². The molecule has 0 saturated carbocycles. The van der Waals surface area contributed by atoms with Crippen molar-refractivity contribution in [1.82, 2.24) is 4.98 Å². The maximum Gasteiger partial charge on any atom is 0.306 e. The Morgan fingerprint density at radius 3 is 2.70 bits per heavy atom. The van der Waals surface area contributed by atoms with E-state index in [-0.39, 0.29) is 12.0 Å². The Hall–Kier alpha value is -2.30. The van der Waals surface area contributed by atoms with E-state index in [1.54, 1.807) is 20.1 Å². The van der Waals surface area contributed by atoms with Gasteiger partial charge in [-0.1, -0.05) is 6.92 Å². The van der Waals surface area contributed by atoms with E-state index in [0.717, 1.165) is 16.5 Å². The quantitative estimate of drug-likeness (QED) is 0.895. The van der Waals surface area contributed by atoms with Crippen LogP contribution in [0.4, 0.5) is 0 Å². The molecule has 0 fully saturated rings. The number of aromatic nitrogens is 1. The molecule has 2 aromatic rings. The molecule has 0 spiro atoms. The van der Waals surface area contributed by atoms with E-state index in [1.165, 1.54) is 0 Å². The van der Waals surface area contributed by atoms with Gasteiger partial charge in [0, 0.05) is 10.9 Å². The number of nitrogens with one attached hydrogen (secondary N) is 1.